The van der Waals surface area contributed by atoms with Crippen LogP contribution < -0.4 is 25.6 Å². The van der Waals surface area contributed by atoms with E-state index in [-0.39, 0.29) is 49.6 Å². The molecule has 380 valence electrons. The number of nitriles is 1. The minimum atomic E-state index is -0.967. The summed E-state index contributed by atoms with van der Waals surface area (Å²) in [5.74, 6) is -0.102. The Morgan fingerprint density at radius 3 is 2.35 bits per heavy atom. The van der Waals surface area contributed by atoms with Crippen LogP contribution in [0.1, 0.15) is 101 Å². The van der Waals surface area contributed by atoms with Gasteiger partial charge in [-0.2, -0.15) is 5.26 Å². The third-order valence-corrected chi connectivity index (χ3v) is 15.5. The van der Waals surface area contributed by atoms with Gasteiger partial charge in [0.15, 0.2) is 0 Å². The van der Waals surface area contributed by atoms with Crippen molar-refractivity contribution in [2.75, 3.05) is 57.4 Å². The van der Waals surface area contributed by atoms with Crippen LogP contribution in [-0.2, 0) is 19.1 Å². The van der Waals surface area contributed by atoms with Crippen LogP contribution in [0.25, 0.3) is 10.4 Å². The van der Waals surface area contributed by atoms with Gasteiger partial charge in [0.1, 0.15) is 42.4 Å². The summed E-state index contributed by atoms with van der Waals surface area (Å²) >= 11 is 7.84. The van der Waals surface area contributed by atoms with E-state index < -0.39 is 46.2 Å². The Balaban J connectivity index is 0.844. The lowest BCUT2D eigenvalue weighted by molar-refractivity contribution is -0.164. The van der Waals surface area contributed by atoms with E-state index in [1.807, 2.05) is 70.5 Å². The standard InChI is InChI=1S/C53H68ClN9O7S/c1-32(34-11-13-35(14-12-34)44-33(2)57-31-71-44)58-47(67)41-25-38(64)29-63(41)48(68)45(51(3,4)5)59-43(65)30-69-24-23-61-19-10-20-62(22-21-61)42-18-16-37(28-56-42)46(66)60-49-52(6,7)50(53(49,8)9)70-39-17-15-36(27-55)40(54)26-39/h11-18,26,28,31-32,38,41,45,49-50,64H,10,19-25,29-30H2,1-9H3,(H,58,67)(H,59,65)(H,60,66)/t32-,38+,41-,45+,49-,50-/m0/s1. The Morgan fingerprint density at radius 1 is 0.986 bits per heavy atom. The molecule has 3 aliphatic rings. The lowest BCUT2D eigenvalue weighted by Crippen LogP contribution is -2.74. The van der Waals surface area contributed by atoms with E-state index in [2.05, 4.69) is 69.5 Å². The van der Waals surface area contributed by atoms with E-state index >= 15 is 0 Å². The summed E-state index contributed by atoms with van der Waals surface area (Å²) in [6, 6.07) is 16.3. The maximum absolute atomic E-state index is 14.2. The van der Waals surface area contributed by atoms with Gasteiger partial charge in [-0.1, -0.05) is 84.3 Å². The fourth-order valence-corrected chi connectivity index (χ4v) is 11.5. The van der Waals surface area contributed by atoms with Crippen molar-refractivity contribution in [1.29, 1.82) is 5.26 Å². The second-order valence-electron chi connectivity index (χ2n) is 21.3. The number of carbonyl (C=O) groups excluding carboxylic acids is 4. The summed E-state index contributed by atoms with van der Waals surface area (Å²) in [6.45, 7) is 21.4. The number of aliphatic hydroxyl groups excluding tert-OH is 1. The number of benzene rings is 2. The molecule has 1 saturated carbocycles. The molecule has 2 aromatic heterocycles. The summed E-state index contributed by atoms with van der Waals surface area (Å²) in [4.78, 5) is 70.7. The number of aromatic nitrogens is 2. The fraction of sp³-hybridized carbons (Fsp3) is 0.528. The predicted molar refractivity (Wildman–Crippen MR) is 274 cm³/mol. The third-order valence-electron chi connectivity index (χ3n) is 14.2. The van der Waals surface area contributed by atoms with Gasteiger partial charge in [-0.25, -0.2) is 9.97 Å². The van der Waals surface area contributed by atoms with Crippen LogP contribution >= 0.6 is 22.9 Å². The normalized spacial score (nSPS) is 21.8. The first-order chi connectivity index (χ1) is 33.6. The van der Waals surface area contributed by atoms with Gasteiger partial charge in [-0.05, 0) is 67.6 Å². The Labute approximate surface area is 426 Å². The molecule has 4 aromatic rings. The molecule has 71 heavy (non-hydrogen) atoms. The number of amides is 4. The molecule has 4 N–H and O–H groups in total. The first kappa shape index (κ1) is 53.2. The van der Waals surface area contributed by atoms with Crippen LogP contribution in [0.5, 0.6) is 5.75 Å². The zero-order valence-corrected chi connectivity index (χ0v) is 43.8. The fourth-order valence-electron chi connectivity index (χ4n) is 10.5. The topological polar surface area (TPSA) is 202 Å². The number of thiazole rings is 1. The van der Waals surface area contributed by atoms with Crippen molar-refractivity contribution in [2.45, 2.75) is 112 Å². The van der Waals surface area contributed by atoms with E-state index in [1.165, 1.54) is 4.90 Å². The molecule has 3 fully saturated rings. The first-order valence-corrected chi connectivity index (χ1v) is 25.6. The smallest absolute Gasteiger partial charge is 0.253 e. The maximum atomic E-state index is 14.2. The van der Waals surface area contributed by atoms with E-state index in [0.717, 1.165) is 53.6 Å². The number of pyridine rings is 1. The number of halogens is 1. The number of anilines is 1. The molecule has 2 aliphatic heterocycles. The van der Waals surface area contributed by atoms with Crippen LogP contribution in [0, 0.1) is 34.5 Å². The van der Waals surface area contributed by atoms with Crippen LogP contribution in [0.2, 0.25) is 5.02 Å². The average molecular weight is 1010 g/mol. The van der Waals surface area contributed by atoms with Crippen LogP contribution in [0.15, 0.2) is 66.3 Å². The highest BCUT2D eigenvalue weighted by Gasteiger charge is 2.64. The highest BCUT2D eigenvalue weighted by molar-refractivity contribution is 7.13. The molecule has 0 bridgehead atoms. The Bertz CT molecular complexity index is 2580. The molecule has 7 rings (SSSR count). The highest BCUT2D eigenvalue weighted by Crippen LogP contribution is 2.55. The Morgan fingerprint density at radius 2 is 1.72 bits per heavy atom. The minimum Gasteiger partial charge on any atom is -0.489 e. The molecule has 1 aliphatic carbocycles. The second kappa shape index (κ2) is 22.0. The van der Waals surface area contributed by atoms with Crippen molar-refractivity contribution >= 4 is 52.4 Å². The van der Waals surface area contributed by atoms with Crippen LogP contribution in [0.4, 0.5) is 5.82 Å². The minimum absolute atomic E-state index is 0.0190. The molecule has 2 aromatic carbocycles. The molecule has 2 saturated heterocycles. The summed E-state index contributed by atoms with van der Waals surface area (Å²) in [6.07, 6.45) is 1.49. The molecule has 0 spiro atoms. The lowest BCUT2D eigenvalue weighted by Gasteiger charge is -2.63. The summed E-state index contributed by atoms with van der Waals surface area (Å²) in [5.41, 5.74) is 4.06. The van der Waals surface area contributed by atoms with Gasteiger partial charge >= 0.3 is 0 Å². The lowest BCUT2D eigenvalue weighted by atomic mass is 9.49. The van der Waals surface area contributed by atoms with E-state index in [0.29, 0.717) is 41.6 Å². The number of ether oxygens (including phenoxy) is 2. The molecular formula is C53H68ClN9O7S. The number of nitrogens with zero attached hydrogens (tertiary/aromatic N) is 6. The van der Waals surface area contributed by atoms with E-state index in [9.17, 15) is 29.5 Å². The van der Waals surface area contributed by atoms with Gasteiger partial charge in [0.2, 0.25) is 17.7 Å². The zero-order chi connectivity index (χ0) is 51.4. The number of aliphatic hydroxyl groups is 1. The predicted octanol–water partition coefficient (Wildman–Crippen LogP) is 6.55. The molecule has 0 radical (unpaired) electrons. The number of aryl methyl sites for hydroxylation is 1. The second-order valence-corrected chi connectivity index (χ2v) is 22.6. The third kappa shape index (κ3) is 12.2. The van der Waals surface area contributed by atoms with Crippen molar-refractivity contribution in [3.63, 3.8) is 0 Å². The van der Waals surface area contributed by atoms with Crippen molar-refractivity contribution in [2.24, 2.45) is 16.2 Å². The Hall–Kier alpha value is -5.64. The van der Waals surface area contributed by atoms with Crippen molar-refractivity contribution in [3.05, 3.63) is 93.7 Å². The Kier molecular flexibility index (Phi) is 16.5. The molecular weight excluding hydrogens is 942 g/mol. The van der Waals surface area contributed by atoms with Crippen LogP contribution in [0.3, 0.4) is 0 Å². The number of rotatable bonds is 16. The number of carbonyl (C=O) groups is 4. The van der Waals surface area contributed by atoms with Gasteiger partial charge in [0, 0.05) is 68.3 Å². The van der Waals surface area contributed by atoms with Gasteiger partial charge < -0.3 is 40.3 Å². The molecule has 0 unspecified atom stereocenters. The molecule has 4 heterocycles. The van der Waals surface area contributed by atoms with E-state index in [4.69, 9.17) is 21.1 Å². The van der Waals surface area contributed by atoms with Gasteiger partial charge in [-0.3, -0.25) is 24.1 Å². The number of β-amino-alcohol motifs (C(OH)–C–C–N with tert-alkyl or cyclic N) is 1. The maximum Gasteiger partial charge on any atom is 0.253 e. The highest BCUT2D eigenvalue weighted by atomic mass is 35.5. The molecule has 18 heteroatoms. The van der Waals surface area contributed by atoms with Gasteiger partial charge in [0.25, 0.3) is 5.91 Å². The number of likely N-dealkylation sites (tertiary alicyclic amines) is 1. The summed E-state index contributed by atoms with van der Waals surface area (Å²) < 4.78 is 12.2. The summed E-state index contributed by atoms with van der Waals surface area (Å²) in [5, 5.41) is 29.4. The van der Waals surface area contributed by atoms with Gasteiger partial charge in [0.05, 0.1) is 51.0 Å². The van der Waals surface area contributed by atoms with Crippen molar-refractivity contribution in [1.82, 2.24) is 35.7 Å². The SMILES string of the molecule is Cc1ncsc1-c1ccc([C@H](C)NC(=O)[C@@H]2C[C@@H](O)CN2C(=O)[C@@H](NC(=O)COCCN2CCCN(c3ccc(C(=O)N[C@H]4C(C)(C)[C@H](Oc5ccc(C#N)c(Cl)c5)C4(C)C)cn3)CC2)C(C)(C)C)cc1. The number of hydrogen-bond acceptors (Lipinski definition) is 13. The van der Waals surface area contributed by atoms with Crippen molar-refractivity contribution in [3.8, 4) is 22.3 Å². The summed E-state index contributed by atoms with van der Waals surface area (Å²) in [7, 11) is 0. The average Bonchev–Trinajstić information content (AvgIpc) is 3.87. The largest absolute Gasteiger partial charge is 0.489 e. The quantitative estimate of drug-likeness (QED) is 0.0884. The molecule has 4 amide bonds. The number of nitrogens with one attached hydrogen (secondary N) is 3. The first-order valence-electron chi connectivity index (χ1n) is 24.4. The van der Waals surface area contributed by atoms with Gasteiger partial charge in [-0.15, -0.1) is 11.3 Å². The van der Waals surface area contributed by atoms with Crippen LogP contribution in [-0.4, -0.2) is 131 Å². The zero-order valence-electron chi connectivity index (χ0n) is 42.3. The molecule has 4 atom stereocenters. The van der Waals surface area contributed by atoms with Crippen molar-refractivity contribution < 1.29 is 33.8 Å². The molecule has 16 nitrogen and oxygen atoms in total. The van der Waals surface area contributed by atoms with E-state index in [1.54, 1.807) is 41.8 Å². The monoisotopic (exact) mass is 1010 g/mol. The number of hydrogen-bond donors (Lipinski definition) is 4.